The molecule has 1 N–H and O–H groups in total. The number of benzene rings is 2. The van der Waals surface area contributed by atoms with Crippen LogP contribution in [-0.4, -0.2) is 9.97 Å². The zero-order valence-electron chi connectivity index (χ0n) is 10.5. The number of pyridine rings is 1. The van der Waals surface area contributed by atoms with Crippen LogP contribution in [0.1, 0.15) is 0 Å². The third kappa shape index (κ3) is 1.55. The molecule has 2 aromatic carbocycles. The molecule has 4 heteroatoms. The zero-order valence-corrected chi connectivity index (χ0v) is 10.5. The van der Waals surface area contributed by atoms with Crippen molar-refractivity contribution in [2.45, 2.75) is 0 Å². The van der Waals surface area contributed by atoms with E-state index in [2.05, 4.69) is 9.97 Å². The van der Waals surface area contributed by atoms with Gasteiger partial charge in [0.1, 0.15) is 11.1 Å². The fraction of sp³-hybridized carbons (Fsp3) is 0. The van der Waals surface area contributed by atoms with E-state index in [1.165, 1.54) is 0 Å². The number of nitrogens with one attached hydrogen (secondary N) is 1. The number of H-pyrrole nitrogens is 1. The minimum absolute atomic E-state index is 0.0779. The lowest BCUT2D eigenvalue weighted by molar-refractivity contribution is 0.619. The molecular formula is C16H10N2O2. The van der Waals surface area contributed by atoms with Crippen molar-refractivity contribution in [3.05, 3.63) is 65.0 Å². The average Bonchev–Trinajstić information content (AvgIpc) is 2.91. The standard InChI is InChI=1S/C16H10N2O2/c19-15-10-5-1-2-6-12(10)17-9-11(15)16-18-13-7-3-4-8-14(13)20-16/h1-9H,(H,17,19). The predicted molar refractivity (Wildman–Crippen MR) is 77.6 cm³/mol. The fourth-order valence-corrected chi connectivity index (χ4v) is 2.31. The molecule has 0 radical (unpaired) electrons. The maximum absolute atomic E-state index is 12.5. The van der Waals surface area contributed by atoms with E-state index in [0.717, 1.165) is 11.0 Å². The van der Waals surface area contributed by atoms with Gasteiger partial charge in [0.2, 0.25) is 11.3 Å². The first-order chi connectivity index (χ1) is 9.83. The number of nitrogens with zero attached hydrogens (tertiary/aromatic N) is 1. The van der Waals surface area contributed by atoms with Gasteiger partial charge in [-0.05, 0) is 24.3 Å². The van der Waals surface area contributed by atoms with Crippen LogP contribution in [0.15, 0.2) is 63.9 Å². The Morgan fingerprint density at radius 2 is 1.80 bits per heavy atom. The lowest BCUT2D eigenvalue weighted by Gasteiger charge is -1.99. The number of hydrogen-bond acceptors (Lipinski definition) is 3. The first kappa shape index (κ1) is 11.0. The van der Waals surface area contributed by atoms with Gasteiger partial charge >= 0.3 is 0 Å². The summed E-state index contributed by atoms with van der Waals surface area (Å²) in [5.41, 5.74) is 2.59. The van der Waals surface area contributed by atoms with Crippen LogP contribution in [0.5, 0.6) is 0 Å². The van der Waals surface area contributed by atoms with Gasteiger partial charge in [-0.1, -0.05) is 24.3 Å². The number of oxazole rings is 1. The molecule has 0 fully saturated rings. The van der Waals surface area contributed by atoms with Crippen LogP contribution >= 0.6 is 0 Å². The van der Waals surface area contributed by atoms with Crippen molar-refractivity contribution in [3.8, 4) is 11.5 Å². The van der Waals surface area contributed by atoms with E-state index in [-0.39, 0.29) is 5.43 Å². The highest BCUT2D eigenvalue weighted by molar-refractivity contribution is 5.83. The molecule has 0 bridgehead atoms. The second-order valence-corrected chi connectivity index (χ2v) is 4.56. The molecule has 0 atom stereocenters. The van der Waals surface area contributed by atoms with E-state index in [9.17, 15) is 4.79 Å². The van der Waals surface area contributed by atoms with Crippen LogP contribution in [0, 0.1) is 0 Å². The summed E-state index contributed by atoms with van der Waals surface area (Å²) in [5, 5.41) is 0.632. The number of para-hydroxylation sites is 3. The highest BCUT2D eigenvalue weighted by atomic mass is 16.3. The van der Waals surface area contributed by atoms with Gasteiger partial charge in [-0.2, -0.15) is 0 Å². The van der Waals surface area contributed by atoms with Crippen molar-refractivity contribution in [2.75, 3.05) is 0 Å². The van der Waals surface area contributed by atoms with Crippen LogP contribution in [0.3, 0.4) is 0 Å². The number of hydrogen-bond donors (Lipinski definition) is 1. The quantitative estimate of drug-likeness (QED) is 0.572. The van der Waals surface area contributed by atoms with Crippen molar-refractivity contribution >= 4 is 22.0 Å². The molecule has 0 saturated heterocycles. The fourth-order valence-electron chi connectivity index (χ4n) is 2.31. The summed E-state index contributed by atoms with van der Waals surface area (Å²) in [4.78, 5) is 20.0. The third-order valence-electron chi connectivity index (χ3n) is 3.31. The molecule has 20 heavy (non-hydrogen) atoms. The number of fused-ring (bicyclic) bond motifs is 2. The minimum atomic E-state index is -0.0779. The Bertz CT molecular complexity index is 949. The van der Waals surface area contributed by atoms with Gasteiger partial charge < -0.3 is 9.40 Å². The lowest BCUT2D eigenvalue weighted by atomic mass is 10.1. The zero-order chi connectivity index (χ0) is 13.5. The van der Waals surface area contributed by atoms with Crippen molar-refractivity contribution in [1.29, 1.82) is 0 Å². The topological polar surface area (TPSA) is 58.9 Å². The van der Waals surface area contributed by atoms with Crippen molar-refractivity contribution in [1.82, 2.24) is 9.97 Å². The highest BCUT2D eigenvalue weighted by Gasteiger charge is 2.13. The van der Waals surface area contributed by atoms with E-state index in [1.54, 1.807) is 12.3 Å². The van der Waals surface area contributed by atoms with Crippen LogP contribution in [0.25, 0.3) is 33.5 Å². The first-order valence-corrected chi connectivity index (χ1v) is 6.29. The molecule has 0 unspecified atom stereocenters. The van der Waals surface area contributed by atoms with E-state index < -0.39 is 0 Å². The molecule has 4 aromatic rings. The maximum atomic E-state index is 12.5. The monoisotopic (exact) mass is 262 g/mol. The van der Waals surface area contributed by atoms with Crippen LogP contribution < -0.4 is 5.43 Å². The highest BCUT2D eigenvalue weighted by Crippen LogP contribution is 2.22. The Labute approximate surface area is 113 Å². The maximum Gasteiger partial charge on any atom is 0.232 e. The Morgan fingerprint density at radius 3 is 2.70 bits per heavy atom. The van der Waals surface area contributed by atoms with E-state index in [4.69, 9.17) is 4.42 Å². The Morgan fingerprint density at radius 1 is 1.00 bits per heavy atom. The normalized spacial score (nSPS) is 11.2. The molecule has 0 amide bonds. The molecule has 0 aliphatic carbocycles. The Kier molecular flexibility index (Phi) is 2.23. The largest absolute Gasteiger partial charge is 0.436 e. The average molecular weight is 262 g/mol. The van der Waals surface area contributed by atoms with E-state index in [1.807, 2.05) is 42.5 Å². The van der Waals surface area contributed by atoms with Crippen LogP contribution in [0.2, 0.25) is 0 Å². The second kappa shape index (κ2) is 4.06. The Hall–Kier alpha value is -2.88. The van der Waals surface area contributed by atoms with E-state index >= 15 is 0 Å². The van der Waals surface area contributed by atoms with Gasteiger partial charge in [0.15, 0.2) is 5.58 Å². The molecule has 0 saturated carbocycles. The molecule has 0 aliphatic rings. The smallest absolute Gasteiger partial charge is 0.232 e. The second-order valence-electron chi connectivity index (χ2n) is 4.56. The molecule has 2 heterocycles. The van der Waals surface area contributed by atoms with Gasteiger partial charge in [0, 0.05) is 17.1 Å². The van der Waals surface area contributed by atoms with Crippen molar-refractivity contribution in [3.63, 3.8) is 0 Å². The summed E-state index contributed by atoms with van der Waals surface area (Å²) in [5.74, 6) is 0.346. The van der Waals surface area contributed by atoms with Crippen LogP contribution in [0.4, 0.5) is 0 Å². The van der Waals surface area contributed by atoms with Crippen LogP contribution in [-0.2, 0) is 0 Å². The summed E-state index contributed by atoms with van der Waals surface area (Å²) in [6.07, 6.45) is 1.65. The molecule has 4 rings (SSSR count). The number of rotatable bonds is 1. The molecular weight excluding hydrogens is 252 g/mol. The van der Waals surface area contributed by atoms with Crippen molar-refractivity contribution in [2.24, 2.45) is 0 Å². The molecule has 0 aliphatic heterocycles. The van der Waals surface area contributed by atoms with E-state index in [0.29, 0.717) is 22.4 Å². The SMILES string of the molecule is O=c1c(-c2nc3ccccc3o2)c[nH]c2ccccc12. The third-order valence-corrected chi connectivity index (χ3v) is 3.31. The number of aromatic nitrogens is 2. The van der Waals surface area contributed by atoms with Gasteiger partial charge in [0.25, 0.3) is 0 Å². The molecule has 0 spiro atoms. The molecule has 96 valence electrons. The summed E-state index contributed by atoms with van der Waals surface area (Å²) in [6.45, 7) is 0. The summed E-state index contributed by atoms with van der Waals surface area (Å²) < 4.78 is 5.65. The van der Waals surface area contributed by atoms with Gasteiger partial charge in [-0.15, -0.1) is 0 Å². The predicted octanol–water partition coefficient (Wildman–Crippen LogP) is 3.34. The molecule has 4 nitrogen and oxygen atoms in total. The molecule has 2 aromatic heterocycles. The lowest BCUT2D eigenvalue weighted by Crippen LogP contribution is -2.06. The summed E-state index contributed by atoms with van der Waals surface area (Å²) >= 11 is 0. The van der Waals surface area contributed by atoms with Gasteiger partial charge in [-0.3, -0.25) is 4.79 Å². The summed E-state index contributed by atoms with van der Waals surface area (Å²) in [6, 6.07) is 14.8. The summed E-state index contributed by atoms with van der Waals surface area (Å²) in [7, 11) is 0. The van der Waals surface area contributed by atoms with Gasteiger partial charge in [0.05, 0.1) is 0 Å². The van der Waals surface area contributed by atoms with Gasteiger partial charge in [-0.25, -0.2) is 4.98 Å². The number of aromatic amines is 1. The first-order valence-electron chi connectivity index (χ1n) is 6.29. The Balaban J connectivity index is 2.02. The van der Waals surface area contributed by atoms with Crippen molar-refractivity contribution < 1.29 is 4.42 Å². The minimum Gasteiger partial charge on any atom is -0.436 e.